The van der Waals surface area contributed by atoms with Crippen molar-refractivity contribution in [2.45, 2.75) is 45.6 Å². The summed E-state index contributed by atoms with van der Waals surface area (Å²) in [5, 5.41) is 0.887. The Morgan fingerprint density at radius 3 is 1.64 bits per heavy atom. The summed E-state index contributed by atoms with van der Waals surface area (Å²) in [6.45, 7) is 0. The van der Waals surface area contributed by atoms with E-state index in [1.54, 1.807) is 14.2 Å². The van der Waals surface area contributed by atoms with E-state index in [0.29, 0.717) is 0 Å². The van der Waals surface area contributed by atoms with Gasteiger partial charge in [0, 0.05) is 19.9 Å². The molecule has 0 N–H and O–H groups in total. The molecule has 0 bridgehead atoms. The molecule has 2 saturated carbocycles. The van der Waals surface area contributed by atoms with E-state index in [2.05, 4.69) is 40.7 Å². The van der Waals surface area contributed by atoms with Gasteiger partial charge in [0.2, 0.25) is 0 Å². The summed E-state index contributed by atoms with van der Waals surface area (Å²) in [5.74, 6) is 1.81. The third kappa shape index (κ3) is 9.47. The molecule has 2 aromatic carbocycles. The summed E-state index contributed by atoms with van der Waals surface area (Å²) in [6.07, 6.45) is 5.58. The van der Waals surface area contributed by atoms with Gasteiger partial charge in [-0.25, -0.2) is 0 Å². The predicted octanol–water partition coefficient (Wildman–Crippen LogP) is 6.48. The fraction of sp³-hybridized carbons (Fsp3) is 0.400. The molecule has 0 aromatic heterocycles. The predicted molar refractivity (Wildman–Crippen MR) is 114 cm³/mol. The molecule has 2 aliphatic rings. The van der Waals surface area contributed by atoms with Gasteiger partial charge in [-0.15, -0.1) is 24.4 Å². The number of thiol groups is 1. The number of thioether (sulfide) groups is 1. The molecule has 2 fully saturated rings. The van der Waals surface area contributed by atoms with Crippen molar-refractivity contribution in [3.8, 4) is 11.5 Å². The van der Waals surface area contributed by atoms with E-state index in [0.717, 1.165) is 26.5 Å². The highest BCUT2D eigenvalue weighted by Crippen LogP contribution is 2.39. The van der Waals surface area contributed by atoms with Crippen LogP contribution < -0.4 is 9.47 Å². The lowest BCUT2D eigenvalue weighted by Gasteiger charge is -2.01. The first-order valence-corrected chi connectivity index (χ1v) is 10.6. The van der Waals surface area contributed by atoms with Gasteiger partial charge in [-0.3, -0.25) is 0 Å². The molecule has 0 atom stereocenters. The van der Waals surface area contributed by atoms with Crippen molar-refractivity contribution in [2.24, 2.45) is 0 Å². The Balaban J connectivity index is 0.000000152. The molecular weight excluding hydrogens is 416 g/mol. The molecule has 136 valence electrons. The van der Waals surface area contributed by atoms with E-state index in [4.69, 9.17) is 9.47 Å². The normalized spacial score (nSPS) is 15.2. The number of methoxy groups -OCH3 is 2. The molecule has 0 radical (unpaired) electrons. The molecule has 0 heterocycles. The topological polar surface area (TPSA) is 18.5 Å². The van der Waals surface area contributed by atoms with Gasteiger partial charge in [0.05, 0.1) is 14.2 Å². The molecule has 0 aliphatic heterocycles. The quantitative estimate of drug-likeness (QED) is 0.433. The van der Waals surface area contributed by atoms with E-state index >= 15 is 0 Å². The first-order valence-electron chi connectivity index (χ1n) is 8.38. The van der Waals surface area contributed by atoms with Crippen LogP contribution in [0.2, 0.25) is 0 Å². The van der Waals surface area contributed by atoms with Crippen molar-refractivity contribution in [1.82, 2.24) is 0 Å². The van der Waals surface area contributed by atoms with Crippen LogP contribution >= 0.6 is 40.3 Å². The van der Waals surface area contributed by atoms with Crippen LogP contribution in [-0.2, 0) is 0 Å². The van der Waals surface area contributed by atoms with E-state index < -0.39 is 0 Å². The molecule has 25 heavy (non-hydrogen) atoms. The molecule has 4 rings (SSSR count). The van der Waals surface area contributed by atoms with Gasteiger partial charge in [0.1, 0.15) is 11.5 Å². The van der Waals surface area contributed by atoms with Crippen LogP contribution in [-0.4, -0.2) is 24.3 Å². The molecule has 0 saturated heterocycles. The lowest BCUT2D eigenvalue weighted by atomic mass is 10.3. The molecule has 0 spiro atoms. The minimum absolute atomic E-state index is 0.868. The third-order valence-corrected chi connectivity index (χ3v) is 6.03. The number of benzene rings is 2. The van der Waals surface area contributed by atoms with Crippen LogP contribution in [0.3, 0.4) is 0 Å². The zero-order chi connectivity index (χ0) is 18.1. The highest BCUT2D eigenvalue weighted by atomic mass is 79.9. The summed E-state index contributed by atoms with van der Waals surface area (Å²) in [5.41, 5.74) is 0. The standard InChI is InChI=1S/C10H12OS.C7H8OS.C3H5Br/c1-11-8-2-4-9(5-3-8)12-10-6-7-10;1-8-6-2-4-7(9)5-3-6;4-3-1-2-3/h2-5,10H,6-7H2,1H3;2-5,9H,1H3;3H,1-2H2. The van der Waals surface area contributed by atoms with Crippen LogP contribution in [0, 0.1) is 0 Å². The largest absolute Gasteiger partial charge is 0.497 e. The van der Waals surface area contributed by atoms with Gasteiger partial charge in [0.25, 0.3) is 0 Å². The fourth-order valence-corrected chi connectivity index (χ4v) is 3.14. The molecule has 0 amide bonds. The summed E-state index contributed by atoms with van der Waals surface area (Å²) in [6, 6.07) is 15.8. The first kappa shape index (κ1) is 20.5. The lowest BCUT2D eigenvalue weighted by molar-refractivity contribution is 0.414. The van der Waals surface area contributed by atoms with Crippen molar-refractivity contribution in [1.29, 1.82) is 0 Å². The van der Waals surface area contributed by atoms with Gasteiger partial charge < -0.3 is 9.47 Å². The maximum atomic E-state index is 5.08. The highest BCUT2D eigenvalue weighted by Gasteiger charge is 2.22. The van der Waals surface area contributed by atoms with Crippen molar-refractivity contribution in [3.05, 3.63) is 48.5 Å². The average Bonchev–Trinajstić information content (AvgIpc) is 3.57. The summed E-state index contributed by atoms with van der Waals surface area (Å²) in [7, 11) is 3.34. The van der Waals surface area contributed by atoms with Crippen molar-refractivity contribution in [3.63, 3.8) is 0 Å². The van der Waals surface area contributed by atoms with E-state index in [9.17, 15) is 0 Å². The number of rotatable bonds is 4. The Morgan fingerprint density at radius 1 is 0.840 bits per heavy atom. The second kappa shape index (κ2) is 11.0. The van der Waals surface area contributed by atoms with Gasteiger partial charge >= 0.3 is 0 Å². The Hall–Kier alpha value is -0.780. The van der Waals surface area contributed by atoms with Gasteiger partial charge in [-0.2, -0.15) is 0 Å². The summed E-state index contributed by atoms with van der Waals surface area (Å²) in [4.78, 5) is 3.21. The third-order valence-electron chi connectivity index (χ3n) is 3.47. The number of hydrogen-bond donors (Lipinski definition) is 1. The molecular formula is C20H25BrO2S2. The van der Waals surface area contributed by atoms with Crippen LogP contribution in [0.4, 0.5) is 0 Å². The maximum absolute atomic E-state index is 5.08. The van der Waals surface area contributed by atoms with Crippen molar-refractivity contribution in [2.75, 3.05) is 14.2 Å². The average molecular weight is 441 g/mol. The monoisotopic (exact) mass is 440 g/mol. The first-order chi connectivity index (χ1) is 12.1. The Kier molecular flexibility index (Phi) is 9.07. The van der Waals surface area contributed by atoms with E-state index in [1.165, 1.54) is 30.6 Å². The second-order valence-electron chi connectivity index (χ2n) is 5.87. The zero-order valence-corrected chi connectivity index (χ0v) is 17.9. The van der Waals surface area contributed by atoms with Gasteiger partial charge in [-0.05, 0) is 74.2 Å². The van der Waals surface area contributed by atoms with Crippen LogP contribution in [0.5, 0.6) is 11.5 Å². The summed E-state index contributed by atoms with van der Waals surface area (Å²) >= 11 is 9.47. The zero-order valence-electron chi connectivity index (χ0n) is 14.7. The molecule has 0 unspecified atom stereocenters. The Labute approximate surface area is 169 Å². The van der Waals surface area contributed by atoms with Crippen LogP contribution in [0.25, 0.3) is 0 Å². The lowest BCUT2D eigenvalue weighted by Crippen LogP contribution is -1.81. The number of alkyl halides is 1. The van der Waals surface area contributed by atoms with Gasteiger partial charge in [0.15, 0.2) is 0 Å². The van der Waals surface area contributed by atoms with Gasteiger partial charge in [-0.1, -0.05) is 15.9 Å². The minimum atomic E-state index is 0.868. The summed E-state index contributed by atoms with van der Waals surface area (Å²) < 4.78 is 10.0. The van der Waals surface area contributed by atoms with E-state index in [-0.39, 0.29) is 0 Å². The second-order valence-corrected chi connectivity index (χ2v) is 9.05. The SMILES string of the molecule is BrC1CC1.COc1ccc(S)cc1.COc1ccc(SC2CC2)cc1. The fourth-order valence-electron chi connectivity index (χ4n) is 1.68. The molecule has 5 heteroatoms. The van der Waals surface area contributed by atoms with Crippen LogP contribution in [0.15, 0.2) is 58.3 Å². The van der Waals surface area contributed by atoms with E-state index in [1.807, 2.05) is 48.2 Å². The number of hydrogen-bond acceptors (Lipinski definition) is 4. The molecule has 2 aliphatic carbocycles. The van der Waals surface area contributed by atoms with Crippen LogP contribution in [0.1, 0.15) is 25.7 Å². The minimum Gasteiger partial charge on any atom is -0.497 e. The molecule has 2 nitrogen and oxygen atoms in total. The van der Waals surface area contributed by atoms with Crippen molar-refractivity contribution >= 4 is 40.3 Å². The maximum Gasteiger partial charge on any atom is 0.118 e. The number of halogens is 1. The number of ether oxygens (including phenoxy) is 2. The Morgan fingerprint density at radius 2 is 1.28 bits per heavy atom. The smallest absolute Gasteiger partial charge is 0.118 e. The Bertz CT molecular complexity index is 609. The van der Waals surface area contributed by atoms with Crippen molar-refractivity contribution < 1.29 is 9.47 Å². The molecule has 2 aromatic rings. The highest BCUT2D eigenvalue weighted by molar-refractivity contribution is 9.09.